The Morgan fingerprint density at radius 2 is 1.74 bits per heavy atom. The molecule has 1 aromatic rings. The molecule has 0 bridgehead atoms. The van der Waals surface area contributed by atoms with Gasteiger partial charge in [0.1, 0.15) is 0 Å². The fraction of sp³-hybridized carbons (Fsp3) is 0.429. The molecule has 1 N–H and O–H groups in total. The average molecular weight is 282 g/mol. The van der Waals surface area contributed by atoms with Crippen LogP contribution in [0.4, 0.5) is 0 Å². The summed E-state index contributed by atoms with van der Waals surface area (Å²) in [6.07, 6.45) is 0.177. The minimum atomic E-state index is -2.51. The van der Waals surface area contributed by atoms with Crippen LogP contribution in [0.1, 0.15) is 26.3 Å². The zero-order chi connectivity index (χ0) is 14.6. The van der Waals surface area contributed by atoms with Gasteiger partial charge in [-0.1, -0.05) is 51.1 Å². The lowest BCUT2D eigenvalue weighted by molar-refractivity contribution is -0.139. The van der Waals surface area contributed by atoms with E-state index in [2.05, 4.69) is 0 Å². The van der Waals surface area contributed by atoms with Gasteiger partial charge in [-0.05, 0) is 17.4 Å². The molecule has 0 spiro atoms. The third kappa shape index (κ3) is 4.21. The summed E-state index contributed by atoms with van der Waals surface area (Å²) in [7, 11) is -2.51. The summed E-state index contributed by atoms with van der Waals surface area (Å²) in [6, 6.07) is 9.03. The van der Waals surface area contributed by atoms with Gasteiger partial charge in [-0.15, -0.1) is 0 Å². The number of aliphatic carboxylic acids is 1. The molecule has 4 nitrogen and oxygen atoms in total. The first kappa shape index (κ1) is 15.4. The van der Waals surface area contributed by atoms with E-state index in [-0.39, 0.29) is 11.3 Å². The maximum atomic E-state index is 11.4. The second-order valence-corrected chi connectivity index (χ2v) is 6.34. The summed E-state index contributed by atoms with van der Waals surface area (Å²) in [5, 5.41) is 9.32. The van der Waals surface area contributed by atoms with E-state index >= 15 is 0 Å². The average Bonchev–Trinajstić information content (AvgIpc) is 2.27. The van der Waals surface area contributed by atoms with Crippen molar-refractivity contribution >= 4 is 21.1 Å². The zero-order valence-corrected chi connectivity index (χ0v) is 12.1. The highest BCUT2D eigenvalue weighted by Crippen LogP contribution is 2.24. The van der Waals surface area contributed by atoms with Crippen LogP contribution < -0.4 is 0 Å². The maximum absolute atomic E-state index is 11.4. The smallest absolute Gasteiger partial charge is 0.312 e. The van der Waals surface area contributed by atoms with Gasteiger partial charge in [0.2, 0.25) is 10.3 Å². The van der Waals surface area contributed by atoms with E-state index in [0.29, 0.717) is 0 Å². The quantitative estimate of drug-likeness (QED) is 0.858. The summed E-state index contributed by atoms with van der Waals surface area (Å²) in [5.41, 5.74) is 0.104. The molecule has 0 heterocycles. The van der Waals surface area contributed by atoms with Gasteiger partial charge >= 0.3 is 5.97 Å². The molecule has 1 atom stereocenters. The van der Waals surface area contributed by atoms with Crippen LogP contribution in [0.15, 0.2) is 30.3 Å². The number of carbonyl (C=O) groups is 1. The lowest BCUT2D eigenvalue weighted by atomic mass is 9.81. The van der Waals surface area contributed by atoms with Crippen LogP contribution in [0.5, 0.6) is 0 Å². The number of hydrogen-bond donors (Lipinski definition) is 1. The van der Waals surface area contributed by atoms with Crippen LogP contribution in [-0.2, 0) is 21.5 Å². The highest BCUT2D eigenvalue weighted by molar-refractivity contribution is 7.73. The van der Waals surface area contributed by atoms with Gasteiger partial charge in [-0.3, -0.25) is 4.79 Å². The molecule has 104 valence electrons. The first-order chi connectivity index (χ1) is 8.73. The standard InChI is InChI=1S/C14H18O4S/c1-14(2,3)12(19(17)18)11(13(15)16)9-10-7-5-4-6-8-10/h4-8,11H,9H2,1-3H3,(H,15,16). The molecule has 1 rings (SSSR count). The molecule has 0 amide bonds. The van der Waals surface area contributed by atoms with Crippen molar-refractivity contribution in [2.45, 2.75) is 27.2 Å². The van der Waals surface area contributed by atoms with Crippen molar-refractivity contribution < 1.29 is 18.3 Å². The lowest BCUT2D eigenvalue weighted by Gasteiger charge is -2.24. The highest BCUT2D eigenvalue weighted by Gasteiger charge is 2.33. The molecule has 5 heteroatoms. The Bertz CT molecular complexity index is 572. The molecule has 0 aliphatic carbocycles. The first-order valence-electron chi connectivity index (χ1n) is 5.97. The van der Waals surface area contributed by atoms with Crippen LogP contribution in [0, 0.1) is 11.3 Å². The Labute approximate surface area is 114 Å². The van der Waals surface area contributed by atoms with Gasteiger partial charge in [-0.25, -0.2) is 0 Å². The van der Waals surface area contributed by atoms with Crippen LogP contribution in [0.2, 0.25) is 0 Å². The van der Waals surface area contributed by atoms with Crippen LogP contribution in [-0.4, -0.2) is 24.4 Å². The third-order valence-electron chi connectivity index (χ3n) is 2.82. The SMILES string of the molecule is CC(C)(C)C(C(Cc1ccccc1)C(=O)O)=S(=O)=O. The second-order valence-electron chi connectivity index (χ2n) is 5.43. The van der Waals surface area contributed by atoms with Crippen molar-refractivity contribution in [1.82, 2.24) is 0 Å². The second kappa shape index (κ2) is 6.02. The minimum Gasteiger partial charge on any atom is -0.481 e. The Morgan fingerprint density at radius 1 is 1.21 bits per heavy atom. The molecule has 1 unspecified atom stereocenters. The van der Waals surface area contributed by atoms with Gasteiger partial charge in [0, 0.05) is 0 Å². The number of carboxylic acids is 1. The number of hydrogen-bond acceptors (Lipinski definition) is 3. The summed E-state index contributed by atoms with van der Waals surface area (Å²) in [6.45, 7) is 5.12. The van der Waals surface area contributed by atoms with Crippen LogP contribution >= 0.6 is 0 Å². The Kier molecular flexibility index (Phi) is 4.89. The first-order valence-corrected chi connectivity index (χ1v) is 7.04. The van der Waals surface area contributed by atoms with Crippen molar-refractivity contribution in [2.24, 2.45) is 11.3 Å². The summed E-state index contributed by atoms with van der Waals surface area (Å²) >= 11 is 0. The number of benzene rings is 1. The summed E-state index contributed by atoms with van der Waals surface area (Å²) < 4.78 is 22.8. The Hall–Kier alpha value is -1.62. The van der Waals surface area contributed by atoms with E-state index in [1.807, 2.05) is 6.07 Å². The fourth-order valence-corrected chi connectivity index (χ4v) is 2.95. The largest absolute Gasteiger partial charge is 0.481 e. The molecule has 1 aromatic carbocycles. The molecule has 0 aromatic heterocycles. The molecule has 0 saturated heterocycles. The van der Waals surface area contributed by atoms with Gasteiger partial charge in [-0.2, -0.15) is 8.42 Å². The van der Waals surface area contributed by atoms with Crippen LogP contribution in [0.3, 0.4) is 0 Å². The van der Waals surface area contributed by atoms with Crippen molar-refractivity contribution in [3.8, 4) is 0 Å². The van der Waals surface area contributed by atoms with E-state index < -0.39 is 27.6 Å². The number of carboxylic acid groups (broad SMARTS) is 1. The summed E-state index contributed by atoms with van der Waals surface area (Å²) in [4.78, 5) is 11.4. The van der Waals surface area contributed by atoms with E-state index in [1.165, 1.54) is 0 Å². The predicted octanol–water partition coefficient (Wildman–Crippen LogP) is 2.03. The minimum absolute atomic E-state index is 0.0313. The number of rotatable bonds is 4. The van der Waals surface area contributed by atoms with E-state index in [0.717, 1.165) is 5.56 Å². The molecular formula is C14H18O4S. The molecule has 0 fully saturated rings. The van der Waals surface area contributed by atoms with Gasteiger partial charge in [0.05, 0.1) is 10.8 Å². The molecule has 0 saturated carbocycles. The van der Waals surface area contributed by atoms with Crippen LogP contribution in [0.25, 0.3) is 0 Å². The zero-order valence-electron chi connectivity index (χ0n) is 11.3. The molecular weight excluding hydrogens is 264 g/mol. The monoisotopic (exact) mass is 282 g/mol. The van der Waals surface area contributed by atoms with Crippen molar-refractivity contribution in [2.75, 3.05) is 0 Å². The summed E-state index contributed by atoms with van der Waals surface area (Å²) in [5.74, 6) is -2.14. The molecule has 0 radical (unpaired) electrons. The molecule has 19 heavy (non-hydrogen) atoms. The van der Waals surface area contributed by atoms with Crippen molar-refractivity contribution in [3.63, 3.8) is 0 Å². The van der Waals surface area contributed by atoms with E-state index in [4.69, 9.17) is 0 Å². The van der Waals surface area contributed by atoms with Gasteiger partial charge in [0.25, 0.3) is 0 Å². The fourth-order valence-electron chi connectivity index (χ4n) is 2.03. The van der Waals surface area contributed by atoms with E-state index in [1.54, 1.807) is 45.0 Å². The van der Waals surface area contributed by atoms with Crippen molar-refractivity contribution in [3.05, 3.63) is 35.9 Å². The van der Waals surface area contributed by atoms with Gasteiger partial charge in [0.15, 0.2) is 0 Å². The third-order valence-corrected chi connectivity index (χ3v) is 4.07. The highest BCUT2D eigenvalue weighted by atomic mass is 32.2. The maximum Gasteiger partial charge on any atom is 0.312 e. The lowest BCUT2D eigenvalue weighted by Crippen LogP contribution is -2.35. The van der Waals surface area contributed by atoms with Crippen molar-refractivity contribution in [1.29, 1.82) is 0 Å². The van der Waals surface area contributed by atoms with Gasteiger partial charge < -0.3 is 5.11 Å². The topological polar surface area (TPSA) is 71.4 Å². The Balaban J connectivity index is 3.23. The molecule has 0 aliphatic rings. The predicted molar refractivity (Wildman–Crippen MR) is 74.7 cm³/mol. The normalized spacial score (nSPS) is 12.8. The Morgan fingerprint density at radius 3 is 2.11 bits per heavy atom. The van der Waals surface area contributed by atoms with E-state index in [9.17, 15) is 18.3 Å². The molecule has 0 aliphatic heterocycles.